The van der Waals surface area contributed by atoms with Crippen molar-refractivity contribution in [3.05, 3.63) is 137 Å². The summed E-state index contributed by atoms with van der Waals surface area (Å²) in [5.41, 5.74) is 1.31. The Labute approximate surface area is 191 Å². The maximum absolute atomic E-state index is 2.41. The van der Waals surface area contributed by atoms with E-state index < -0.39 is 0 Å². The Morgan fingerprint density at radius 3 is 1.37 bits per heavy atom. The molecule has 0 radical (unpaired) electrons. The quantitative estimate of drug-likeness (QED) is 0.250. The van der Waals surface area contributed by atoms with Crippen LogP contribution in [-0.2, 0) is 0 Å². The molecule has 0 unspecified atom stereocenters. The van der Waals surface area contributed by atoms with E-state index in [0.29, 0.717) is 0 Å². The molecule has 0 nitrogen and oxygen atoms in total. The molecule has 0 amide bonds. The van der Waals surface area contributed by atoms with Gasteiger partial charge in [0.15, 0.2) is 0 Å². The van der Waals surface area contributed by atoms with Crippen LogP contribution in [0.2, 0.25) is 0 Å². The maximum atomic E-state index is 2.41. The van der Waals surface area contributed by atoms with E-state index in [1.165, 1.54) is 24.5 Å². The summed E-state index contributed by atoms with van der Waals surface area (Å²) >= 11 is 5.54. The van der Waals surface area contributed by atoms with Crippen molar-refractivity contribution in [3.8, 4) is 0 Å². The molecule has 3 heteroatoms. The van der Waals surface area contributed by atoms with E-state index in [0.717, 1.165) is 0 Å². The molecule has 0 saturated carbocycles. The molecule has 0 aliphatic rings. The molecule has 0 spiro atoms. The van der Waals surface area contributed by atoms with Crippen molar-refractivity contribution < 1.29 is 0 Å². The van der Waals surface area contributed by atoms with Crippen molar-refractivity contribution in [2.45, 2.75) is 19.9 Å². The highest BCUT2D eigenvalue weighted by atomic mass is 32.2. The summed E-state index contributed by atoms with van der Waals surface area (Å²) in [5.74, 6) is 0. The summed E-state index contributed by atoms with van der Waals surface area (Å²) in [6, 6.07) is 42.6. The van der Waals surface area contributed by atoms with Crippen LogP contribution in [0, 0.1) is 0 Å². The van der Waals surface area contributed by atoms with Gasteiger partial charge in [-0.3, -0.25) is 0 Å². The van der Waals surface area contributed by atoms with E-state index in [2.05, 4.69) is 127 Å². The molecule has 0 heterocycles. The molecule has 4 aromatic carbocycles. The summed E-state index contributed by atoms with van der Waals surface area (Å²) in [5, 5.41) is 0.232. The molecule has 0 aliphatic carbocycles. The highest BCUT2D eigenvalue weighted by molar-refractivity contribution is 8.22. The summed E-state index contributed by atoms with van der Waals surface area (Å²) in [4.78, 5) is 3.78. The van der Waals surface area contributed by atoms with Gasteiger partial charge in [-0.2, -0.15) is 0 Å². The maximum Gasteiger partial charge on any atom is 0.0543 e. The Hall–Kier alpha value is -2.33. The zero-order valence-corrected chi connectivity index (χ0v) is 18.9. The fraction of sp³-hybridized carbons (Fsp3) is 0.0370. The molecule has 0 aliphatic heterocycles. The van der Waals surface area contributed by atoms with Gasteiger partial charge in [0.2, 0.25) is 0 Å². The Morgan fingerprint density at radius 1 is 0.500 bits per heavy atom. The van der Waals surface area contributed by atoms with Gasteiger partial charge in [0, 0.05) is 18.9 Å². The van der Waals surface area contributed by atoms with Gasteiger partial charge in [-0.1, -0.05) is 108 Å². The second-order valence-corrected chi connectivity index (χ2v) is 10.3. The normalized spacial score (nSPS) is 11.6. The van der Waals surface area contributed by atoms with Crippen molar-refractivity contribution in [3.63, 3.8) is 0 Å². The standard InChI is InChI=1S/C27H22S3/c1-5-13-22(14-6-1)26(28-23-15-7-2-8-16-23)21-27(29-24-17-9-3-10-18-24)30-25-19-11-4-12-20-25/h1-21,26H/t26-/m0/s1. The first-order chi connectivity index (χ1) is 14.9. The van der Waals surface area contributed by atoms with Crippen LogP contribution in [0.15, 0.2) is 146 Å². The lowest BCUT2D eigenvalue weighted by Gasteiger charge is -2.16. The molecule has 4 aromatic rings. The summed E-state index contributed by atoms with van der Waals surface area (Å²) in [6.45, 7) is 0. The second kappa shape index (κ2) is 11.2. The minimum atomic E-state index is 0.232. The molecule has 148 valence electrons. The van der Waals surface area contributed by atoms with Crippen LogP contribution in [0.4, 0.5) is 0 Å². The SMILES string of the molecule is C(=C(Sc1ccccc1)Sc1ccccc1)[C@H](Sc1ccccc1)c1ccccc1. The van der Waals surface area contributed by atoms with Gasteiger partial charge in [-0.25, -0.2) is 0 Å². The van der Waals surface area contributed by atoms with Gasteiger partial charge in [0.25, 0.3) is 0 Å². The second-order valence-electron chi connectivity index (χ2n) is 6.58. The van der Waals surface area contributed by atoms with Crippen LogP contribution >= 0.6 is 35.3 Å². The zero-order chi connectivity index (χ0) is 20.4. The smallest absolute Gasteiger partial charge is 0.0543 e. The van der Waals surface area contributed by atoms with Crippen LogP contribution < -0.4 is 0 Å². The third kappa shape index (κ3) is 6.33. The molecule has 30 heavy (non-hydrogen) atoms. The van der Waals surface area contributed by atoms with Gasteiger partial charge < -0.3 is 0 Å². The summed E-state index contributed by atoms with van der Waals surface area (Å²) < 4.78 is 1.28. The van der Waals surface area contributed by atoms with Gasteiger partial charge in [-0.15, -0.1) is 11.8 Å². The third-order valence-corrected chi connectivity index (χ3v) is 7.74. The molecule has 0 fully saturated rings. The van der Waals surface area contributed by atoms with Crippen LogP contribution in [0.25, 0.3) is 0 Å². The average Bonchev–Trinajstić information content (AvgIpc) is 2.81. The van der Waals surface area contributed by atoms with E-state index in [1.807, 2.05) is 35.3 Å². The lowest BCUT2D eigenvalue weighted by molar-refractivity contribution is 1.22. The van der Waals surface area contributed by atoms with Crippen LogP contribution in [-0.4, -0.2) is 0 Å². The highest BCUT2D eigenvalue weighted by Crippen LogP contribution is 2.44. The largest absolute Gasteiger partial charge is 0.114 e. The number of benzene rings is 4. The lowest BCUT2D eigenvalue weighted by Crippen LogP contribution is -1.91. The third-order valence-electron chi connectivity index (χ3n) is 4.35. The topological polar surface area (TPSA) is 0 Å². The van der Waals surface area contributed by atoms with E-state index in [-0.39, 0.29) is 5.25 Å². The molecule has 0 N–H and O–H groups in total. The molecule has 0 bridgehead atoms. The Kier molecular flexibility index (Phi) is 7.79. The predicted octanol–water partition coefficient (Wildman–Crippen LogP) is 8.95. The predicted molar refractivity (Wildman–Crippen MR) is 134 cm³/mol. The summed E-state index contributed by atoms with van der Waals surface area (Å²) in [6.07, 6.45) is 2.41. The minimum Gasteiger partial charge on any atom is -0.114 e. The fourth-order valence-electron chi connectivity index (χ4n) is 2.91. The number of hydrogen-bond donors (Lipinski definition) is 0. The van der Waals surface area contributed by atoms with Crippen LogP contribution in [0.3, 0.4) is 0 Å². The van der Waals surface area contributed by atoms with Gasteiger partial charge >= 0.3 is 0 Å². The van der Waals surface area contributed by atoms with E-state index in [1.54, 1.807) is 0 Å². The number of rotatable bonds is 8. The first-order valence-electron chi connectivity index (χ1n) is 9.81. The monoisotopic (exact) mass is 442 g/mol. The number of thioether (sulfide) groups is 3. The Balaban J connectivity index is 1.68. The van der Waals surface area contributed by atoms with Crippen molar-refractivity contribution in [2.24, 2.45) is 0 Å². The summed E-state index contributed by atoms with van der Waals surface area (Å²) in [7, 11) is 0. The van der Waals surface area contributed by atoms with Crippen molar-refractivity contribution >= 4 is 35.3 Å². The van der Waals surface area contributed by atoms with Crippen molar-refractivity contribution in [2.75, 3.05) is 0 Å². The van der Waals surface area contributed by atoms with Crippen LogP contribution in [0.1, 0.15) is 10.8 Å². The molecule has 1 atom stereocenters. The first-order valence-corrected chi connectivity index (χ1v) is 12.3. The molecule has 0 saturated heterocycles. The van der Waals surface area contributed by atoms with E-state index in [9.17, 15) is 0 Å². The fourth-order valence-corrected chi connectivity index (χ4v) is 6.39. The van der Waals surface area contributed by atoms with Gasteiger partial charge in [0.05, 0.1) is 5.25 Å². The van der Waals surface area contributed by atoms with Crippen molar-refractivity contribution in [1.82, 2.24) is 0 Å². The lowest BCUT2D eigenvalue weighted by atomic mass is 10.1. The highest BCUT2D eigenvalue weighted by Gasteiger charge is 2.14. The van der Waals surface area contributed by atoms with Crippen molar-refractivity contribution in [1.29, 1.82) is 0 Å². The minimum absolute atomic E-state index is 0.232. The average molecular weight is 443 g/mol. The Bertz CT molecular complexity index is 1000. The van der Waals surface area contributed by atoms with E-state index in [4.69, 9.17) is 0 Å². The van der Waals surface area contributed by atoms with E-state index >= 15 is 0 Å². The molecular formula is C27H22S3. The zero-order valence-electron chi connectivity index (χ0n) is 16.4. The molecule has 4 rings (SSSR count). The number of hydrogen-bond acceptors (Lipinski definition) is 3. The molecule has 0 aromatic heterocycles. The Morgan fingerprint density at radius 2 is 0.900 bits per heavy atom. The van der Waals surface area contributed by atoms with Crippen LogP contribution in [0.5, 0.6) is 0 Å². The van der Waals surface area contributed by atoms with Gasteiger partial charge in [-0.05, 0) is 48.0 Å². The first kappa shape index (κ1) is 20.9. The van der Waals surface area contributed by atoms with Gasteiger partial charge in [0.1, 0.15) is 0 Å². The molecular weight excluding hydrogens is 420 g/mol.